The maximum absolute atomic E-state index is 12.8. The van der Waals surface area contributed by atoms with Gasteiger partial charge in [0.15, 0.2) is 18.1 Å². The van der Waals surface area contributed by atoms with Gasteiger partial charge in [0.1, 0.15) is 5.60 Å². The fourth-order valence-corrected chi connectivity index (χ4v) is 3.86. The predicted octanol–water partition coefficient (Wildman–Crippen LogP) is 3.76. The summed E-state index contributed by atoms with van der Waals surface area (Å²) in [6.45, 7) is 6.21. The van der Waals surface area contributed by atoms with E-state index in [0.717, 1.165) is 29.8 Å². The third kappa shape index (κ3) is 2.86. The molecule has 4 rings (SSSR count). The monoisotopic (exact) mass is 337 g/mol. The summed E-state index contributed by atoms with van der Waals surface area (Å²) in [6.07, 6.45) is 1.74. The van der Waals surface area contributed by atoms with Crippen molar-refractivity contribution in [2.45, 2.75) is 45.3 Å². The van der Waals surface area contributed by atoms with E-state index in [1.165, 1.54) is 5.56 Å². The lowest BCUT2D eigenvalue weighted by Gasteiger charge is -2.23. The molecule has 0 radical (unpaired) electrons. The number of benzene rings is 2. The summed E-state index contributed by atoms with van der Waals surface area (Å²) in [5, 5.41) is 0. The Hall–Kier alpha value is -2.49. The summed E-state index contributed by atoms with van der Waals surface area (Å²) in [5.74, 6) is 1.40. The van der Waals surface area contributed by atoms with Gasteiger partial charge < -0.3 is 14.4 Å². The van der Waals surface area contributed by atoms with Crippen LogP contribution in [-0.4, -0.2) is 24.2 Å². The highest BCUT2D eigenvalue weighted by Gasteiger charge is 2.33. The Balaban J connectivity index is 1.50. The van der Waals surface area contributed by atoms with Crippen LogP contribution in [0.2, 0.25) is 0 Å². The lowest BCUT2D eigenvalue weighted by atomic mass is 10.0. The average Bonchev–Trinajstić information content (AvgIpc) is 3.06. The Labute approximate surface area is 148 Å². The first-order chi connectivity index (χ1) is 11.9. The molecule has 0 aliphatic carbocycles. The number of rotatable bonds is 3. The number of fused-ring (bicyclic) bond motifs is 2. The number of nitrogens with zero attached hydrogens (tertiary/aromatic N) is 1. The molecule has 0 bridgehead atoms. The summed E-state index contributed by atoms with van der Waals surface area (Å²) < 4.78 is 11.9. The summed E-state index contributed by atoms with van der Waals surface area (Å²) in [5.41, 5.74) is 3.12. The average molecular weight is 337 g/mol. The Morgan fingerprint density at radius 1 is 1.20 bits per heavy atom. The van der Waals surface area contributed by atoms with Crippen LogP contribution in [0.15, 0.2) is 42.5 Å². The Bertz CT molecular complexity index is 828. The van der Waals surface area contributed by atoms with Crippen LogP contribution in [0.3, 0.4) is 0 Å². The molecule has 2 aromatic rings. The fourth-order valence-electron chi connectivity index (χ4n) is 3.86. The van der Waals surface area contributed by atoms with Gasteiger partial charge >= 0.3 is 0 Å². The standard InChI is InChI=1S/C21H23NO3/c1-14-11-15-7-4-5-9-17(15)22(14)19(23)13-24-18-10-6-8-16-12-21(2,3)25-20(16)18/h4-10,14H,11-13H2,1-3H3/t14-/m1/s1. The molecule has 1 atom stereocenters. The number of ether oxygens (including phenoxy) is 2. The zero-order valence-electron chi connectivity index (χ0n) is 14.9. The fraction of sp³-hybridized carbons (Fsp3) is 0.381. The smallest absolute Gasteiger partial charge is 0.265 e. The van der Waals surface area contributed by atoms with E-state index in [4.69, 9.17) is 9.47 Å². The van der Waals surface area contributed by atoms with E-state index >= 15 is 0 Å². The highest BCUT2D eigenvalue weighted by Crippen LogP contribution is 2.41. The molecule has 2 heterocycles. The Morgan fingerprint density at radius 3 is 2.80 bits per heavy atom. The highest BCUT2D eigenvalue weighted by atomic mass is 16.5. The Morgan fingerprint density at radius 2 is 1.96 bits per heavy atom. The molecule has 0 aromatic heterocycles. The molecule has 0 saturated heterocycles. The van der Waals surface area contributed by atoms with E-state index in [2.05, 4.69) is 32.9 Å². The first-order valence-electron chi connectivity index (χ1n) is 8.78. The van der Waals surface area contributed by atoms with Crippen LogP contribution in [0.1, 0.15) is 31.9 Å². The number of hydrogen-bond acceptors (Lipinski definition) is 3. The van der Waals surface area contributed by atoms with Crippen molar-refractivity contribution in [1.29, 1.82) is 0 Å². The predicted molar refractivity (Wildman–Crippen MR) is 97.4 cm³/mol. The van der Waals surface area contributed by atoms with Crippen molar-refractivity contribution < 1.29 is 14.3 Å². The van der Waals surface area contributed by atoms with E-state index < -0.39 is 0 Å². The molecular formula is C21H23NO3. The molecule has 130 valence electrons. The maximum Gasteiger partial charge on any atom is 0.265 e. The molecule has 25 heavy (non-hydrogen) atoms. The van der Waals surface area contributed by atoms with Crippen molar-refractivity contribution in [2.75, 3.05) is 11.5 Å². The molecule has 0 N–H and O–H groups in total. The SMILES string of the molecule is C[C@@H]1Cc2ccccc2N1C(=O)COc1cccc2c1OC(C)(C)C2. The molecule has 1 amide bonds. The first-order valence-corrected chi connectivity index (χ1v) is 8.78. The van der Waals surface area contributed by atoms with Crippen molar-refractivity contribution in [3.05, 3.63) is 53.6 Å². The molecule has 2 aliphatic rings. The highest BCUT2D eigenvalue weighted by molar-refractivity contribution is 5.97. The summed E-state index contributed by atoms with van der Waals surface area (Å²) in [6, 6.07) is 14.1. The van der Waals surface area contributed by atoms with Gasteiger partial charge in [-0.15, -0.1) is 0 Å². The molecule has 4 heteroatoms. The molecule has 4 nitrogen and oxygen atoms in total. The second kappa shape index (κ2) is 5.80. The van der Waals surface area contributed by atoms with Crippen molar-refractivity contribution in [3.8, 4) is 11.5 Å². The van der Waals surface area contributed by atoms with E-state index in [-0.39, 0.29) is 24.2 Å². The lowest BCUT2D eigenvalue weighted by molar-refractivity contribution is -0.120. The summed E-state index contributed by atoms with van der Waals surface area (Å²) >= 11 is 0. The Kier molecular flexibility index (Phi) is 3.71. The molecule has 0 spiro atoms. The summed E-state index contributed by atoms with van der Waals surface area (Å²) in [4.78, 5) is 14.6. The molecular weight excluding hydrogens is 314 g/mol. The lowest BCUT2D eigenvalue weighted by Crippen LogP contribution is -2.39. The van der Waals surface area contributed by atoms with Gasteiger partial charge in [-0.1, -0.05) is 30.3 Å². The van der Waals surface area contributed by atoms with Gasteiger partial charge in [0, 0.05) is 23.7 Å². The first kappa shape index (κ1) is 16.0. The van der Waals surface area contributed by atoms with Crippen molar-refractivity contribution in [1.82, 2.24) is 0 Å². The second-order valence-corrected chi connectivity index (χ2v) is 7.52. The van der Waals surface area contributed by atoms with Gasteiger partial charge in [0.05, 0.1) is 0 Å². The second-order valence-electron chi connectivity index (χ2n) is 7.52. The van der Waals surface area contributed by atoms with Crippen molar-refractivity contribution in [3.63, 3.8) is 0 Å². The third-order valence-electron chi connectivity index (χ3n) is 4.88. The minimum atomic E-state index is -0.228. The molecule has 0 unspecified atom stereocenters. The zero-order chi connectivity index (χ0) is 17.6. The van der Waals surface area contributed by atoms with Gasteiger partial charge in [-0.2, -0.15) is 0 Å². The van der Waals surface area contributed by atoms with Crippen LogP contribution in [0.25, 0.3) is 0 Å². The van der Waals surface area contributed by atoms with Gasteiger partial charge in [-0.05, 0) is 44.9 Å². The maximum atomic E-state index is 12.8. The van der Waals surface area contributed by atoms with Crippen molar-refractivity contribution >= 4 is 11.6 Å². The molecule has 2 aromatic carbocycles. The van der Waals surface area contributed by atoms with Crippen LogP contribution in [0, 0.1) is 0 Å². The van der Waals surface area contributed by atoms with Crippen LogP contribution in [0.4, 0.5) is 5.69 Å². The quantitative estimate of drug-likeness (QED) is 0.856. The molecule has 2 aliphatic heterocycles. The number of para-hydroxylation sites is 2. The van der Waals surface area contributed by atoms with Gasteiger partial charge in [-0.25, -0.2) is 0 Å². The van der Waals surface area contributed by atoms with Gasteiger partial charge in [0.25, 0.3) is 5.91 Å². The number of carbonyl (C=O) groups excluding carboxylic acids is 1. The minimum Gasteiger partial charge on any atom is -0.483 e. The largest absolute Gasteiger partial charge is 0.483 e. The number of hydrogen-bond donors (Lipinski definition) is 0. The van der Waals surface area contributed by atoms with Gasteiger partial charge in [0.2, 0.25) is 0 Å². The number of amides is 1. The topological polar surface area (TPSA) is 38.8 Å². The van der Waals surface area contributed by atoms with E-state index in [1.807, 2.05) is 35.2 Å². The molecule has 0 saturated carbocycles. The van der Waals surface area contributed by atoms with Crippen molar-refractivity contribution in [2.24, 2.45) is 0 Å². The zero-order valence-corrected chi connectivity index (χ0v) is 14.9. The third-order valence-corrected chi connectivity index (χ3v) is 4.88. The summed E-state index contributed by atoms with van der Waals surface area (Å²) in [7, 11) is 0. The molecule has 0 fully saturated rings. The normalized spacial score (nSPS) is 20.0. The van der Waals surface area contributed by atoms with E-state index in [0.29, 0.717) is 5.75 Å². The van der Waals surface area contributed by atoms with E-state index in [1.54, 1.807) is 0 Å². The van der Waals surface area contributed by atoms with Crippen LogP contribution >= 0.6 is 0 Å². The van der Waals surface area contributed by atoms with E-state index in [9.17, 15) is 4.79 Å². The minimum absolute atomic E-state index is 0.0128. The number of anilines is 1. The van der Waals surface area contributed by atoms with Gasteiger partial charge in [-0.3, -0.25) is 4.79 Å². The number of carbonyl (C=O) groups is 1. The van der Waals surface area contributed by atoms with Crippen LogP contribution < -0.4 is 14.4 Å². The van der Waals surface area contributed by atoms with Crippen LogP contribution in [-0.2, 0) is 17.6 Å². The van der Waals surface area contributed by atoms with Crippen LogP contribution in [0.5, 0.6) is 11.5 Å².